The van der Waals surface area contributed by atoms with E-state index in [9.17, 15) is 0 Å². The Kier molecular flexibility index (Phi) is 5.42. The summed E-state index contributed by atoms with van der Waals surface area (Å²) >= 11 is 0. The molecule has 0 radical (unpaired) electrons. The van der Waals surface area contributed by atoms with Gasteiger partial charge in [-0.1, -0.05) is 32.9 Å². The lowest BCUT2D eigenvalue weighted by atomic mass is 9.82. The smallest absolute Gasteiger partial charge is 0.119 e. The van der Waals surface area contributed by atoms with Gasteiger partial charge in [-0.3, -0.25) is 0 Å². The van der Waals surface area contributed by atoms with E-state index in [1.54, 1.807) is 0 Å². The molecular formula is C17H28O2. The third-order valence-electron chi connectivity index (χ3n) is 3.41. The van der Waals surface area contributed by atoms with E-state index in [-0.39, 0.29) is 11.0 Å². The van der Waals surface area contributed by atoms with Crippen molar-refractivity contribution in [3.8, 4) is 5.75 Å². The second kappa shape index (κ2) is 6.42. The zero-order valence-electron chi connectivity index (χ0n) is 13.2. The molecular weight excluding hydrogens is 236 g/mol. The molecule has 0 heterocycles. The van der Waals surface area contributed by atoms with Gasteiger partial charge in [-0.05, 0) is 50.3 Å². The molecule has 0 aliphatic carbocycles. The number of benzene rings is 1. The summed E-state index contributed by atoms with van der Waals surface area (Å²) in [6, 6.07) is 8.40. The SMILES string of the molecule is CCC(C)(C)c1ccc(OCCOC(C)(C)C)cc1. The average molecular weight is 264 g/mol. The van der Waals surface area contributed by atoms with Gasteiger partial charge in [0.15, 0.2) is 0 Å². The summed E-state index contributed by atoms with van der Waals surface area (Å²) in [5.74, 6) is 0.910. The largest absolute Gasteiger partial charge is 0.491 e. The zero-order valence-corrected chi connectivity index (χ0v) is 13.2. The van der Waals surface area contributed by atoms with Gasteiger partial charge in [0.1, 0.15) is 12.4 Å². The van der Waals surface area contributed by atoms with Crippen LogP contribution in [0.25, 0.3) is 0 Å². The van der Waals surface area contributed by atoms with Crippen LogP contribution >= 0.6 is 0 Å². The Hall–Kier alpha value is -1.02. The maximum absolute atomic E-state index is 5.68. The molecule has 0 spiro atoms. The van der Waals surface area contributed by atoms with E-state index in [4.69, 9.17) is 9.47 Å². The van der Waals surface area contributed by atoms with Gasteiger partial charge >= 0.3 is 0 Å². The Morgan fingerprint density at radius 1 is 0.895 bits per heavy atom. The van der Waals surface area contributed by atoms with Crippen molar-refractivity contribution in [2.75, 3.05) is 13.2 Å². The third kappa shape index (κ3) is 5.65. The van der Waals surface area contributed by atoms with Crippen LogP contribution in [0.2, 0.25) is 0 Å². The first-order valence-electron chi connectivity index (χ1n) is 7.12. The van der Waals surface area contributed by atoms with E-state index in [0.717, 1.165) is 12.2 Å². The molecule has 0 amide bonds. The van der Waals surface area contributed by atoms with Crippen LogP contribution in [0.3, 0.4) is 0 Å². The van der Waals surface area contributed by atoms with Gasteiger partial charge in [0, 0.05) is 0 Å². The molecule has 0 saturated heterocycles. The number of ether oxygens (including phenoxy) is 2. The average Bonchev–Trinajstić information content (AvgIpc) is 2.34. The highest BCUT2D eigenvalue weighted by Gasteiger charge is 2.17. The summed E-state index contributed by atoms with van der Waals surface area (Å²) in [5, 5.41) is 0. The molecule has 1 aromatic carbocycles. The molecule has 19 heavy (non-hydrogen) atoms. The first-order chi connectivity index (χ1) is 8.74. The normalized spacial score (nSPS) is 12.5. The lowest BCUT2D eigenvalue weighted by Gasteiger charge is -2.23. The van der Waals surface area contributed by atoms with Crippen molar-refractivity contribution >= 4 is 0 Å². The molecule has 0 saturated carbocycles. The second-order valence-electron chi connectivity index (χ2n) is 6.57. The molecule has 0 aromatic heterocycles. The van der Waals surface area contributed by atoms with Gasteiger partial charge in [-0.2, -0.15) is 0 Å². The lowest BCUT2D eigenvalue weighted by Crippen LogP contribution is -2.22. The van der Waals surface area contributed by atoms with E-state index in [2.05, 4.69) is 53.7 Å². The molecule has 0 aliphatic rings. The molecule has 0 aliphatic heterocycles. The fourth-order valence-electron chi connectivity index (χ4n) is 1.71. The summed E-state index contributed by atoms with van der Waals surface area (Å²) in [6.45, 7) is 14.1. The van der Waals surface area contributed by atoms with Gasteiger partial charge < -0.3 is 9.47 Å². The molecule has 2 nitrogen and oxygen atoms in total. The standard InChI is InChI=1S/C17H28O2/c1-7-17(5,6)14-8-10-15(11-9-14)18-12-13-19-16(2,3)4/h8-11H,7,12-13H2,1-6H3. The van der Waals surface area contributed by atoms with Crippen LogP contribution in [0.5, 0.6) is 5.75 Å². The highest BCUT2D eigenvalue weighted by atomic mass is 16.5. The van der Waals surface area contributed by atoms with Crippen molar-refractivity contribution in [2.45, 2.75) is 59.0 Å². The van der Waals surface area contributed by atoms with Crippen LogP contribution in [0.1, 0.15) is 53.5 Å². The quantitative estimate of drug-likeness (QED) is 0.701. The van der Waals surface area contributed by atoms with Crippen LogP contribution in [-0.4, -0.2) is 18.8 Å². The Morgan fingerprint density at radius 2 is 1.47 bits per heavy atom. The summed E-state index contributed by atoms with van der Waals surface area (Å²) in [5.41, 5.74) is 1.49. The summed E-state index contributed by atoms with van der Waals surface area (Å²) in [7, 11) is 0. The Bertz CT molecular complexity index is 371. The Labute approximate surface area is 118 Å². The molecule has 0 atom stereocenters. The van der Waals surface area contributed by atoms with Crippen LogP contribution in [-0.2, 0) is 10.2 Å². The summed E-state index contributed by atoms with van der Waals surface area (Å²) < 4.78 is 11.3. The second-order valence-corrected chi connectivity index (χ2v) is 6.57. The zero-order chi connectivity index (χ0) is 14.5. The van der Waals surface area contributed by atoms with Gasteiger partial charge in [-0.15, -0.1) is 0 Å². The highest BCUT2D eigenvalue weighted by molar-refractivity contribution is 5.31. The van der Waals surface area contributed by atoms with Crippen molar-refractivity contribution in [3.05, 3.63) is 29.8 Å². The van der Waals surface area contributed by atoms with E-state index in [1.165, 1.54) is 5.56 Å². The lowest BCUT2D eigenvalue weighted by molar-refractivity contribution is -0.0163. The van der Waals surface area contributed by atoms with Gasteiger partial charge in [0.25, 0.3) is 0 Å². The van der Waals surface area contributed by atoms with Crippen molar-refractivity contribution in [3.63, 3.8) is 0 Å². The summed E-state index contributed by atoms with van der Waals surface area (Å²) in [6.07, 6.45) is 1.13. The van der Waals surface area contributed by atoms with E-state index < -0.39 is 0 Å². The third-order valence-corrected chi connectivity index (χ3v) is 3.41. The number of hydrogen-bond acceptors (Lipinski definition) is 2. The molecule has 2 heteroatoms. The molecule has 1 aromatic rings. The van der Waals surface area contributed by atoms with E-state index >= 15 is 0 Å². The maximum Gasteiger partial charge on any atom is 0.119 e. The fourth-order valence-corrected chi connectivity index (χ4v) is 1.71. The molecule has 0 unspecified atom stereocenters. The van der Waals surface area contributed by atoms with Crippen molar-refractivity contribution < 1.29 is 9.47 Å². The van der Waals surface area contributed by atoms with Crippen molar-refractivity contribution in [1.82, 2.24) is 0 Å². The first kappa shape index (κ1) is 16.0. The summed E-state index contributed by atoms with van der Waals surface area (Å²) in [4.78, 5) is 0. The van der Waals surface area contributed by atoms with E-state index in [1.807, 2.05) is 12.1 Å². The highest BCUT2D eigenvalue weighted by Crippen LogP contribution is 2.27. The minimum Gasteiger partial charge on any atom is -0.491 e. The number of rotatable bonds is 6. The van der Waals surface area contributed by atoms with E-state index in [0.29, 0.717) is 13.2 Å². The van der Waals surface area contributed by atoms with Crippen molar-refractivity contribution in [2.24, 2.45) is 0 Å². The Morgan fingerprint density at radius 3 is 1.95 bits per heavy atom. The molecule has 1 rings (SSSR count). The predicted molar refractivity (Wildman–Crippen MR) is 81.0 cm³/mol. The predicted octanol–water partition coefficient (Wildman–Crippen LogP) is 4.57. The molecule has 108 valence electrons. The maximum atomic E-state index is 5.68. The van der Waals surface area contributed by atoms with Crippen LogP contribution in [0.15, 0.2) is 24.3 Å². The monoisotopic (exact) mass is 264 g/mol. The van der Waals surface area contributed by atoms with Crippen molar-refractivity contribution in [1.29, 1.82) is 0 Å². The minimum absolute atomic E-state index is 0.0988. The Balaban J connectivity index is 2.45. The van der Waals surface area contributed by atoms with Gasteiger partial charge in [0.05, 0.1) is 12.2 Å². The minimum atomic E-state index is -0.0988. The van der Waals surface area contributed by atoms with Gasteiger partial charge in [-0.25, -0.2) is 0 Å². The first-order valence-corrected chi connectivity index (χ1v) is 7.12. The molecule has 0 bridgehead atoms. The molecule has 0 fully saturated rings. The van der Waals surface area contributed by atoms with Gasteiger partial charge in [0.2, 0.25) is 0 Å². The van der Waals surface area contributed by atoms with Crippen LogP contribution in [0.4, 0.5) is 0 Å². The topological polar surface area (TPSA) is 18.5 Å². The number of hydrogen-bond donors (Lipinski definition) is 0. The van der Waals surface area contributed by atoms with Crippen LogP contribution < -0.4 is 4.74 Å². The molecule has 0 N–H and O–H groups in total. The fraction of sp³-hybridized carbons (Fsp3) is 0.647. The van der Waals surface area contributed by atoms with Crippen LogP contribution in [0, 0.1) is 0 Å².